The molecule has 188 valence electrons. The molecule has 5 heterocycles. The van der Waals surface area contributed by atoms with E-state index in [1.54, 1.807) is 17.5 Å². The second kappa shape index (κ2) is 8.60. The Bertz CT molecular complexity index is 1680. The molecule has 0 saturated carbocycles. The van der Waals surface area contributed by atoms with Crippen LogP contribution in [0, 0.1) is 19.7 Å². The molecule has 2 aromatic carbocycles. The number of nitrogens with one attached hydrogen (secondary N) is 2. The van der Waals surface area contributed by atoms with E-state index in [9.17, 15) is 0 Å². The van der Waals surface area contributed by atoms with Gasteiger partial charge in [0.1, 0.15) is 17.4 Å². The van der Waals surface area contributed by atoms with Gasteiger partial charge >= 0.3 is 0 Å². The number of hydrogen-bond donors (Lipinski definition) is 2. The van der Waals surface area contributed by atoms with E-state index in [0.29, 0.717) is 32.6 Å². The van der Waals surface area contributed by atoms with Gasteiger partial charge in [-0.05, 0) is 75.2 Å². The van der Waals surface area contributed by atoms with Crippen LogP contribution >= 0.6 is 34.5 Å². The van der Waals surface area contributed by atoms with Gasteiger partial charge in [0.25, 0.3) is 0 Å². The molecule has 1 saturated heterocycles. The van der Waals surface area contributed by atoms with Crippen LogP contribution in [0.15, 0.2) is 42.6 Å². The summed E-state index contributed by atoms with van der Waals surface area (Å²) in [5.41, 5.74) is 4.39. The first-order chi connectivity index (χ1) is 17.9. The zero-order valence-electron chi connectivity index (χ0n) is 20.2. The summed E-state index contributed by atoms with van der Waals surface area (Å²) in [6.45, 7) is 5.15. The molecule has 2 unspecified atom stereocenters. The van der Waals surface area contributed by atoms with E-state index in [0.717, 1.165) is 46.7 Å². The zero-order chi connectivity index (χ0) is 25.4. The molecule has 1 fully saturated rings. The Labute approximate surface area is 227 Å². The van der Waals surface area contributed by atoms with Gasteiger partial charge in [0.05, 0.1) is 44.6 Å². The lowest BCUT2D eigenvalue weighted by Gasteiger charge is -2.30. The molecule has 5 aromatic rings. The number of halogens is 3. The van der Waals surface area contributed by atoms with Gasteiger partial charge in [0.15, 0.2) is 0 Å². The van der Waals surface area contributed by atoms with E-state index in [1.165, 1.54) is 16.5 Å². The minimum absolute atomic E-state index is 0.198. The number of nitrogens with zero attached hydrogens (tertiary/aromatic N) is 2. The van der Waals surface area contributed by atoms with Crippen molar-refractivity contribution in [1.82, 2.24) is 19.9 Å². The summed E-state index contributed by atoms with van der Waals surface area (Å²) in [6, 6.07) is 11.3. The quantitative estimate of drug-likeness (QED) is 0.237. The second-order valence-corrected chi connectivity index (χ2v) is 11.8. The molecule has 2 atom stereocenters. The maximum absolute atomic E-state index is 16.0. The van der Waals surface area contributed by atoms with Crippen LogP contribution in [0.25, 0.3) is 33.4 Å². The number of hydrogen-bond acceptors (Lipinski definition) is 4. The van der Waals surface area contributed by atoms with Crippen molar-refractivity contribution in [3.8, 4) is 28.3 Å². The number of thiophene rings is 1. The minimum atomic E-state index is -0.495. The van der Waals surface area contributed by atoms with Gasteiger partial charge in [-0.25, -0.2) is 9.37 Å². The highest BCUT2D eigenvalue weighted by molar-refractivity contribution is 7.12. The average Bonchev–Trinajstić information content (AvgIpc) is 3.67. The maximum atomic E-state index is 16.0. The van der Waals surface area contributed by atoms with Crippen molar-refractivity contribution in [2.24, 2.45) is 0 Å². The van der Waals surface area contributed by atoms with E-state index < -0.39 is 12.0 Å². The molecule has 0 radical (unpaired) electrons. The highest BCUT2D eigenvalue weighted by atomic mass is 35.5. The molecule has 2 aliphatic heterocycles. The minimum Gasteiger partial charge on any atom is -0.464 e. The van der Waals surface area contributed by atoms with E-state index in [2.05, 4.69) is 35.2 Å². The van der Waals surface area contributed by atoms with Crippen LogP contribution in [-0.4, -0.2) is 21.1 Å². The number of fused-ring (bicyclic) bond motifs is 5. The van der Waals surface area contributed by atoms with Crippen molar-refractivity contribution >= 4 is 45.4 Å². The van der Waals surface area contributed by atoms with Gasteiger partial charge in [-0.2, -0.15) is 0 Å². The smallest absolute Gasteiger partial charge is 0.212 e. The number of rotatable bonds is 3. The molecule has 0 aliphatic carbocycles. The topological polar surface area (TPSA) is 54.9 Å². The molecule has 7 rings (SSSR count). The molecule has 2 N–H and O–H groups in total. The Morgan fingerprint density at radius 1 is 1.16 bits per heavy atom. The van der Waals surface area contributed by atoms with Crippen LogP contribution in [0.4, 0.5) is 4.39 Å². The highest BCUT2D eigenvalue weighted by Gasteiger charge is 2.35. The first-order valence-electron chi connectivity index (χ1n) is 12.2. The van der Waals surface area contributed by atoms with Crippen LogP contribution in [0.3, 0.4) is 0 Å². The normalized spacial score (nSPS) is 18.7. The summed E-state index contributed by atoms with van der Waals surface area (Å²) in [6.07, 6.45) is 3.41. The Morgan fingerprint density at radius 3 is 2.78 bits per heavy atom. The van der Waals surface area contributed by atoms with Gasteiger partial charge < -0.3 is 15.0 Å². The Balaban J connectivity index is 1.43. The van der Waals surface area contributed by atoms with Crippen LogP contribution < -0.4 is 10.1 Å². The summed E-state index contributed by atoms with van der Waals surface area (Å²) in [4.78, 5) is 10.2. The fraction of sp³-hybridized carbons (Fsp3) is 0.250. The van der Waals surface area contributed by atoms with Crippen LogP contribution in [-0.2, 0) is 0 Å². The van der Waals surface area contributed by atoms with Gasteiger partial charge in [-0.15, -0.1) is 11.3 Å². The van der Waals surface area contributed by atoms with Crippen molar-refractivity contribution in [3.63, 3.8) is 0 Å². The van der Waals surface area contributed by atoms with Gasteiger partial charge in [-0.3, -0.25) is 4.57 Å². The summed E-state index contributed by atoms with van der Waals surface area (Å²) in [7, 11) is 0. The average molecular weight is 553 g/mol. The fourth-order valence-electron chi connectivity index (χ4n) is 5.44. The predicted molar refractivity (Wildman–Crippen MR) is 147 cm³/mol. The third-order valence-electron chi connectivity index (χ3n) is 7.39. The van der Waals surface area contributed by atoms with E-state index >= 15 is 4.39 Å². The molecule has 37 heavy (non-hydrogen) atoms. The number of aryl methyl sites for hydroxylation is 2. The number of aromatic amines is 1. The number of aromatic nitrogens is 3. The van der Waals surface area contributed by atoms with Gasteiger partial charge in [0.2, 0.25) is 6.23 Å². The first-order valence-corrected chi connectivity index (χ1v) is 13.8. The molecule has 9 heteroatoms. The largest absolute Gasteiger partial charge is 0.464 e. The van der Waals surface area contributed by atoms with Crippen LogP contribution in [0.1, 0.15) is 46.3 Å². The lowest BCUT2D eigenvalue weighted by Crippen LogP contribution is -2.22. The molecule has 0 amide bonds. The van der Waals surface area contributed by atoms with Crippen LogP contribution in [0.5, 0.6) is 5.75 Å². The molecule has 2 aliphatic rings. The third kappa shape index (κ3) is 3.63. The summed E-state index contributed by atoms with van der Waals surface area (Å²) >= 11 is 14.9. The highest BCUT2D eigenvalue weighted by Crippen LogP contribution is 2.51. The summed E-state index contributed by atoms with van der Waals surface area (Å²) in [5.74, 6) is 0.910. The third-order valence-corrected chi connectivity index (χ3v) is 9.19. The standard InChI is InChI=1S/C28H23Cl2FN4OS/c1-13-8-23(37-14(13)2)28-35-21-6-5-16(29)11-17(21)25(30)26(35)24-18(31)9-15(10-22(24)36-28)20-12-33-27(34-20)19-4-3-7-32-19/h5-6,8-12,19,28,32H,3-4,7H2,1-2H3,(H,33,34). The fourth-order valence-corrected chi connectivity index (χ4v) is 7.01. The summed E-state index contributed by atoms with van der Waals surface area (Å²) in [5, 5.41) is 5.24. The molecular formula is C28H23Cl2FN4OS. The van der Waals surface area contributed by atoms with Crippen molar-refractivity contribution in [2.75, 3.05) is 6.54 Å². The van der Waals surface area contributed by atoms with E-state index in [-0.39, 0.29) is 6.04 Å². The predicted octanol–water partition coefficient (Wildman–Crippen LogP) is 8.19. The van der Waals surface area contributed by atoms with Crippen molar-refractivity contribution < 1.29 is 9.13 Å². The molecular weight excluding hydrogens is 530 g/mol. The van der Waals surface area contributed by atoms with Gasteiger partial charge in [-0.1, -0.05) is 23.2 Å². The van der Waals surface area contributed by atoms with Crippen LogP contribution in [0.2, 0.25) is 10.0 Å². The van der Waals surface area contributed by atoms with Crippen molar-refractivity contribution in [1.29, 1.82) is 0 Å². The van der Waals surface area contributed by atoms with E-state index in [4.69, 9.17) is 27.9 Å². The lowest BCUT2D eigenvalue weighted by atomic mass is 10.0. The second-order valence-electron chi connectivity index (χ2n) is 9.71. The first kappa shape index (κ1) is 23.3. The zero-order valence-corrected chi connectivity index (χ0v) is 22.5. The molecule has 5 nitrogen and oxygen atoms in total. The summed E-state index contributed by atoms with van der Waals surface area (Å²) < 4.78 is 24.6. The Morgan fingerprint density at radius 2 is 2.03 bits per heavy atom. The van der Waals surface area contributed by atoms with Crippen molar-refractivity contribution in [2.45, 2.75) is 39.0 Å². The number of imidazole rings is 1. The van der Waals surface area contributed by atoms with E-state index in [1.807, 2.05) is 28.8 Å². The monoisotopic (exact) mass is 552 g/mol. The molecule has 0 spiro atoms. The molecule has 0 bridgehead atoms. The number of benzene rings is 2. The SMILES string of the molecule is Cc1cc(C2Oc3cc(-c4cnc(C5CCCN5)[nH]4)cc(F)c3-c3c(Cl)c4cc(Cl)ccc4n32)sc1C. The lowest BCUT2D eigenvalue weighted by molar-refractivity contribution is 0.176. The van der Waals surface area contributed by atoms with Crippen molar-refractivity contribution in [3.05, 3.63) is 79.6 Å². The maximum Gasteiger partial charge on any atom is 0.212 e. The Hall–Kier alpha value is -2.84. The number of H-pyrrole nitrogens is 1. The molecule has 3 aromatic heterocycles. The van der Waals surface area contributed by atoms with Gasteiger partial charge in [0, 0.05) is 20.8 Å². The Kier molecular flexibility index (Phi) is 5.41. The number of ether oxygens (including phenoxy) is 1.